The van der Waals surface area contributed by atoms with Gasteiger partial charge in [-0.25, -0.2) is 9.97 Å². The monoisotopic (exact) mass is 330 g/mol. The molecular weight excluding hydrogens is 308 g/mol. The predicted octanol–water partition coefficient (Wildman–Crippen LogP) is 1.43. The Morgan fingerprint density at radius 3 is 2.79 bits per heavy atom. The summed E-state index contributed by atoms with van der Waals surface area (Å²) in [6, 6.07) is 3.63. The van der Waals surface area contributed by atoms with E-state index in [1.807, 2.05) is 19.9 Å². The molecule has 0 aliphatic rings. The van der Waals surface area contributed by atoms with E-state index >= 15 is 0 Å². The standard InChI is InChI=1S/C17H22N4O3/c1-10(2)24-17-13(6-5-7-18-17)9-19-15(22)8-14-11(3)20-12(4)21-16(14)23/h5-7,10H,8-9H2,1-4H3,(H,19,22)(H,20,21,23). The fourth-order valence-corrected chi connectivity index (χ4v) is 2.26. The molecular formula is C17H22N4O3. The number of hydrogen-bond acceptors (Lipinski definition) is 5. The van der Waals surface area contributed by atoms with Gasteiger partial charge < -0.3 is 15.0 Å². The Hall–Kier alpha value is -2.70. The van der Waals surface area contributed by atoms with Crippen molar-refractivity contribution in [3.63, 3.8) is 0 Å². The number of carbonyl (C=O) groups excluding carboxylic acids is 1. The maximum Gasteiger partial charge on any atom is 0.254 e. The zero-order valence-electron chi connectivity index (χ0n) is 14.3. The zero-order valence-corrected chi connectivity index (χ0v) is 14.3. The van der Waals surface area contributed by atoms with E-state index in [-0.39, 0.29) is 30.5 Å². The molecule has 2 aromatic rings. The third kappa shape index (κ3) is 4.65. The number of hydrogen-bond donors (Lipinski definition) is 2. The topological polar surface area (TPSA) is 97.0 Å². The van der Waals surface area contributed by atoms with Crippen molar-refractivity contribution >= 4 is 5.91 Å². The van der Waals surface area contributed by atoms with Gasteiger partial charge in [-0.3, -0.25) is 9.59 Å². The van der Waals surface area contributed by atoms with E-state index in [0.29, 0.717) is 23.0 Å². The molecule has 0 saturated heterocycles. The number of aromatic nitrogens is 3. The van der Waals surface area contributed by atoms with Crippen molar-refractivity contribution in [2.75, 3.05) is 0 Å². The Bertz CT molecular complexity index is 784. The molecule has 1 amide bonds. The summed E-state index contributed by atoms with van der Waals surface area (Å²) >= 11 is 0. The largest absolute Gasteiger partial charge is 0.475 e. The van der Waals surface area contributed by atoms with Crippen LogP contribution in [0.3, 0.4) is 0 Å². The van der Waals surface area contributed by atoms with E-state index in [1.165, 1.54) is 0 Å². The third-order valence-electron chi connectivity index (χ3n) is 3.35. The molecule has 128 valence electrons. The van der Waals surface area contributed by atoms with Gasteiger partial charge in [-0.05, 0) is 33.8 Å². The second-order valence-electron chi connectivity index (χ2n) is 5.80. The molecule has 0 atom stereocenters. The van der Waals surface area contributed by atoms with Gasteiger partial charge in [-0.2, -0.15) is 0 Å². The quantitative estimate of drug-likeness (QED) is 0.835. The van der Waals surface area contributed by atoms with Gasteiger partial charge in [0, 0.05) is 29.6 Å². The molecule has 2 N–H and O–H groups in total. The van der Waals surface area contributed by atoms with Gasteiger partial charge in [0.25, 0.3) is 5.56 Å². The van der Waals surface area contributed by atoms with E-state index < -0.39 is 0 Å². The van der Waals surface area contributed by atoms with Gasteiger partial charge >= 0.3 is 0 Å². The van der Waals surface area contributed by atoms with Crippen LogP contribution in [0.1, 0.15) is 36.5 Å². The Morgan fingerprint density at radius 2 is 2.12 bits per heavy atom. The Balaban J connectivity index is 2.03. The molecule has 0 aliphatic carbocycles. The first-order valence-electron chi connectivity index (χ1n) is 7.80. The number of carbonyl (C=O) groups is 1. The third-order valence-corrected chi connectivity index (χ3v) is 3.35. The van der Waals surface area contributed by atoms with Gasteiger partial charge in [0.05, 0.1) is 12.5 Å². The van der Waals surface area contributed by atoms with Crippen molar-refractivity contribution in [2.24, 2.45) is 0 Å². The van der Waals surface area contributed by atoms with Crippen LogP contribution in [0.15, 0.2) is 23.1 Å². The van der Waals surface area contributed by atoms with E-state index in [9.17, 15) is 9.59 Å². The lowest BCUT2D eigenvalue weighted by molar-refractivity contribution is -0.120. The molecule has 0 fully saturated rings. The number of amides is 1. The second-order valence-corrected chi connectivity index (χ2v) is 5.80. The van der Waals surface area contributed by atoms with Gasteiger partial charge in [0.1, 0.15) is 5.82 Å². The van der Waals surface area contributed by atoms with Crippen molar-refractivity contribution in [1.82, 2.24) is 20.3 Å². The van der Waals surface area contributed by atoms with E-state index in [2.05, 4.69) is 20.3 Å². The summed E-state index contributed by atoms with van der Waals surface area (Å²) in [5, 5.41) is 2.79. The summed E-state index contributed by atoms with van der Waals surface area (Å²) in [6.07, 6.45) is 1.62. The minimum atomic E-state index is -0.277. The lowest BCUT2D eigenvalue weighted by Gasteiger charge is -2.13. The molecule has 7 heteroatoms. The number of nitrogens with one attached hydrogen (secondary N) is 2. The van der Waals surface area contributed by atoms with Gasteiger partial charge in [0.15, 0.2) is 0 Å². The molecule has 0 spiro atoms. The Morgan fingerprint density at radius 1 is 1.38 bits per heavy atom. The highest BCUT2D eigenvalue weighted by Gasteiger charge is 2.13. The Labute approximate surface area is 140 Å². The van der Waals surface area contributed by atoms with E-state index in [0.717, 1.165) is 5.56 Å². The summed E-state index contributed by atoms with van der Waals surface area (Å²) in [4.78, 5) is 35.1. The predicted molar refractivity (Wildman–Crippen MR) is 89.9 cm³/mol. The number of aryl methyl sites for hydroxylation is 2. The van der Waals surface area contributed by atoms with Crippen LogP contribution < -0.4 is 15.6 Å². The fraction of sp³-hybridized carbons (Fsp3) is 0.412. The molecule has 0 aliphatic heterocycles. The normalized spacial score (nSPS) is 10.7. The maximum absolute atomic E-state index is 12.2. The molecule has 2 rings (SSSR count). The average molecular weight is 330 g/mol. The molecule has 0 unspecified atom stereocenters. The van der Waals surface area contributed by atoms with Gasteiger partial charge in [0.2, 0.25) is 11.8 Å². The number of H-pyrrole nitrogens is 1. The lowest BCUT2D eigenvalue weighted by atomic mass is 10.1. The van der Waals surface area contributed by atoms with Crippen LogP contribution in [-0.4, -0.2) is 27.0 Å². The number of ether oxygens (including phenoxy) is 1. The minimum absolute atomic E-state index is 0.00538. The second kappa shape index (κ2) is 7.72. The summed E-state index contributed by atoms with van der Waals surface area (Å²) in [6.45, 7) is 7.54. The first-order chi connectivity index (χ1) is 11.4. The molecule has 2 heterocycles. The van der Waals surface area contributed by atoms with Crippen molar-refractivity contribution in [2.45, 2.75) is 46.8 Å². The molecule has 0 saturated carbocycles. The molecule has 24 heavy (non-hydrogen) atoms. The molecule has 0 bridgehead atoms. The molecule has 7 nitrogen and oxygen atoms in total. The lowest BCUT2D eigenvalue weighted by Crippen LogP contribution is -2.29. The summed E-state index contributed by atoms with van der Waals surface area (Å²) in [5.41, 5.74) is 1.45. The molecule has 0 radical (unpaired) electrons. The van der Waals surface area contributed by atoms with Crippen LogP contribution in [0.25, 0.3) is 0 Å². The highest BCUT2D eigenvalue weighted by Crippen LogP contribution is 2.15. The Kier molecular flexibility index (Phi) is 5.68. The van der Waals surface area contributed by atoms with Crippen LogP contribution in [0.2, 0.25) is 0 Å². The molecule has 0 aromatic carbocycles. The number of aromatic amines is 1. The van der Waals surface area contributed by atoms with Crippen LogP contribution in [0, 0.1) is 13.8 Å². The van der Waals surface area contributed by atoms with Crippen LogP contribution in [0.5, 0.6) is 5.88 Å². The zero-order chi connectivity index (χ0) is 17.7. The summed E-state index contributed by atoms with van der Waals surface area (Å²) < 4.78 is 5.62. The summed E-state index contributed by atoms with van der Waals surface area (Å²) in [7, 11) is 0. The number of pyridine rings is 1. The smallest absolute Gasteiger partial charge is 0.254 e. The van der Waals surface area contributed by atoms with E-state index in [4.69, 9.17) is 4.74 Å². The van der Waals surface area contributed by atoms with Crippen molar-refractivity contribution in [3.8, 4) is 5.88 Å². The van der Waals surface area contributed by atoms with Crippen molar-refractivity contribution < 1.29 is 9.53 Å². The first-order valence-corrected chi connectivity index (χ1v) is 7.80. The first kappa shape index (κ1) is 17.7. The molecule has 2 aromatic heterocycles. The van der Waals surface area contributed by atoms with Gasteiger partial charge in [-0.15, -0.1) is 0 Å². The number of nitrogens with zero attached hydrogens (tertiary/aromatic N) is 2. The van der Waals surface area contributed by atoms with Crippen LogP contribution in [-0.2, 0) is 17.8 Å². The highest BCUT2D eigenvalue weighted by atomic mass is 16.5. The minimum Gasteiger partial charge on any atom is -0.475 e. The van der Waals surface area contributed by atoms with Crippen molar-refractivity contribution in [3.05, 3.63) is 51.3 Å². The van der Waals surface area contributed by atoms with E-state index in [1.54, 1.807) is 26.1 Å². The van der Waals surface area contributed by atoms with Crippen molar-refractivity contribution in [1.29, 1.82) is 0 Å². The average Bonchev–Trinajstić information content (AvgIpc) is 2.49. The van der Waals surface area contributed by atoms with Gasteiger partial charge in [-0.1, -0.05) is 6.07 Å². The highest BCUT2D eigenvalue weighted by molar-refractivity contribution is 5.78. The van der Waals surface area contributed by atoms with Crippen LogP contribution >= 0.6 is 0 Å². The van der Waals surface area contributed by atoms with Crippen LogP contribution in [0.4, 0.5) is 0 Å². The SMILES string of the molecule is Cc1nc(C)c(CC(=O)NCc2cccnc2OC(C)C)c(=O)[nH]1. The fourth-order valence-electron chi connectivity index (χ4n) is 2.26. The summed E-state index contributed by atoms with van der Waals surface area (Å²) in [5.74, 6) is 0.778. The number of rotatable bonds is 6. The maximum atomic E-state index is 12.2.